The molecule has 0 saturated heterocycles. The molecule has 0 aliphatic heterocycles. The number of nitrogens with one attached hydrogen (secondary N) is 1. The van der Waals surface area contributed by atoms with Crippen molar-refractivity contribution < 1.29 is 14.3 Å². The van der Waals surface area contributed by atoms with Gasteiger partial charge in [-0.25, -0.2) is 9.18 Å². The highest BCUT2D eigenvalue weighted by atomic mass is 79.9. The minimum absolute atomic E-state index is 0.215. The van der Waals surface area contributed by atoms with Crippen molar-refractivity contribution in [2.75, 3.05) is 11.5 Å². The van der Waals surface area contributed by atoms with Gasteiger partial charge in [-0.1, -0.05) is 15.9 Å². The van der Waals surface area contributed by atoms with E-state index in [1.165, 1.54) is 23.9 Å². The minimum atomic E-state index is -1.24. The third kappa shape index (κ3) is 4.40. The van der Waals surface area contributed by atoms with E-state index < -0.39 is 17.4 Å². The van der Waals surface area contributed by atoms with E-state index in [9.17, 15) is 9.18 Å². The predicted molar refractivity (Wildman–Crippen MR) is 75.6 cm³/mol. The monoisotopic (exact) mass is 346 g/mol. The molecule has 0 bridgehead atoms. The van der Waals surface area contributed by atoms with Crippen molar-refractivity contribution in [2.24, 2.45) is 0 Å². The molecule has 1 unspecified atom stereocenters. The topological polar surface area (TPSA) is 73.1 Å². The zero-order valence-corrected chi connectivity index (χ0v) is 12.5. The SMILES string of the molecule is CC(CSCC#N)(NC(=O)O)c1cc(Br)ccc1F. The summed E-state index contributed by atoms with van der Waals surface area (Å²) in [4.78, 5) is 10.9. The molecule has 1 amide bonds. The van der Waals surface area contributed by atoms with Crippen LogP contribution in [0.4, 0.5) is 9.18 Å². The second-order valence-corrected chi connectivity index (χ2v) is 5.94. The van der Waals surface area contributed by atoms with Crippen LogP contribution < -0.4 is 5.32 Å². The molecule has 102 valence electrons. The highest BCUT2D eigenvalue weighted by Crippen LogP contribution is 2.29. The van der Waals surface area contributed by atoms with E-state index in [-0.39, 0.29) is 17.1 Å². The summed E-state index contributed by atoms with van der Waals surface area (Å²) in [5, 5.41) is 19.8. The summed E-state index contributed by atoms with van der Waals surface area (Å²) >= 11 is 4.48. The fraction of sp³-hybridized carbons (Fsp3) is 0.333. The first-order chi connectivity index (χ1) is 8.89. The zero-order chi connectivity index (χ0) is 14.5. The molecule has 1 atom stereocenters. The van der Waals surface area contributed by atoms with Crippen molar-refractivity contribution in [1.82, 2.24) is 5.32 Å². The summed E-state index contributed by atoms with van der Waals surface area (Å²) < 4.78 is 14.6. The number of hydrogen-bond acceptors (Lipinski definition) is 3. The predicted octanol–water partition coefficient (Wildman–Crippen LogP) is 3.33. The van der Waals surface area contributed by atoms with Crippen molar-refractivity contribution in [2.45, 2.75) is 12.5 Å². The van der Waals surface area contributed by atoms with Crippen molar-refractivity contribution >= 4 is 33.8 Å². The van der Waals surface area contributed by atoms with Gasteiger partial charge in [0.1, 0.15) is 5.82 Å². The number of hydrogen-bond donors (Lipinski definition) is 2. The number of rotatable bonds is 5. The molecule has 0 heterocycles. The Morgan fingerprint density at radius 1 is 1.68 bits per heavy atom. The van der Waals surface area contributed by atoms with E-state index >= 15 is 0 Å². The van der Waals surface area contributed by atoms with Crippen LogP contribution in [0.1, 0.15) is 12.5 Å². The lowest BCUT2D eigenvalue weighted by atomic mass is 9.93. The maximum Gasteiger partial charge on any atom is 0.405 e. The van der Waals surface area contributed by atoms with Crippen LogP contribution in [0.15, 0.2) is 22.7 Å². The molecule has 19 heavy (non-hydrogen) atoms. The van der Waals surface area contributed by atoms with Gasteiger partial charge < -0.3 is 10.4 Å². The average molecular weight is 347 g/mol. The number of halogens is 2. The maximum absolute atomic E-state index is 13.9. The van der Waals surface area contributed by atoms with E-state index in [2.05, 4.69) is 21.2 Å². The zero-order valence-electron chi connectivity index (χ0n) is 10.1. The summed E-state index contributed by atoms with van der Waals surface area (Å²) in [5.74, 6) is -0.00997. The van der Waals surface area contributed by atoms with Crippen molar-refractivity contribution in [3.63, 3.8) is 0 Å². The van der Waals surface area contributed by atoms with Crippen molar-refractivity contribution in [1.29, 1.82) is 5.26 Å². The highest BCUT2D eigenvalue weighted by molar-refractivity contribution is 9.10. The van der Waals surface area contributed by atoms with Crippen LogP contribution in [0.25, 0.3) is 0 Å². The average Bonchev–Trinajstić information content (AvgIpc) is 2.31. The number of nitrogens with zero attached hydrogens (tertiary/aromatic N) is 1. The van der Waals surface area contributed by atoms with Gasteiger partial charge in [-0.3, -0.25) is 0 Å². The molecule has 1 rings (SSSR count). The van der Waals surface area contributed by atoms with Gasteiger partial charge in [-0.2, -0.15) is 5.26 Å². The van der Waals surface area contributed by atoms with E-state index in [4.69, 9.17) is 10.4 Å². The lowest BCUT2D eigenvalue weighted by Gasteiger charge is -2.30. The Labute approximate surface area is 123 Å². The fourth-order valence-corrected chi connectivity index (χ4v) is 2.83. The standard InChI is InChI=1S/C12H12BrFN2O2S/c1-12(16-11(17)18,7-19-5-4-15)9-6-8(13)2-3-10(9)14/h2-3,6,16H,5,7H2,1H3,(H,17,18). The molecule has 2 N–H and O–H groups in total. The smallest absolute Gasteiger partial charge is 0.405 e. The molecule has 4 nitrogen and oxygen atoms in total. The normalized spacial score (nSPS) is 13.4. The first-order valence-electron chi connectivity index (χ1n) is 5.30. The minimum Gasteiger partial charge on any atom is -0.465 e. The number of carbonyl (C=O) groups is 1. The number of nitriles is 1. The van der Waals surface area contributed by atoms with E-state index in [1.807, 2.05) is 6.07 Å². The van der Waals surface area contributed by atoms with Crippen LogP contribution >= 0.6 is 27.7 Å². The molecule has 0 saturated carbocycles. The quantitative estimate of drug-likeness (QED) is 0.802. The number of carboxylic acid groups (broad SMARTS) is 1. The highest BCUT2D eigenvalue weighted by Gasteiger charge is 2.31. The molecule has 0 spiro atoms. The number of thioether (sulfide) groups is 1. The molecule has 0 fully saturated rings. The maximum atomic E-state index is 13.9. The van der Waals surface area contributed by atoms with Gasteiger partial charge >= 0.3 is 6.09 Å². The summed E-state index contributed by atoms with van der Waals surface area (Å²) in [5.41, 5.74) is -0.851. The second-order valence-electron chi connectivity index (χ2n) is 4.04. The Balaban J connectivity index is 3.11. The Hall–Kier alpha value is -1.26. The van der Waals surface area contributed by atoms with Crippen molar-refractivity contribution in [3.8, 4) is 6.07 Å². The van der Waals surface area contributed by atoms with Crippen LogP contribution in [0.2, 0.25) is 0 Å². The molecule has 1 aromatic carbocycles. The lowest BCUT2D eigenvalue weighted by molar-refractivity contribution is 0.182. The third-order valence-corrected chi connectivity index (χ3v) is 4.07. The van der Waals surface area contributed by atoms with Gasteiger partial charge in [-0.15, -0.1) is 11.8 Å². The largest absolute Gasteiger partial charge is 0.465 e. The summed E-state index contributed by atoms with van der Waals surface area (Å²) in [7, 11) is 0. The molecule has 7 heteroatoms. The van der Waals surface area contributed by atoms with E-state index in [1.54, 1.807) is 13.0 Å². The van der Waals surface area contributed by atoms with Crippen LogP contribution in [-0.4, -0.2) is 22.7 Å². The summed E-state index contributed by atoms with van der Waals surface area (Å²) in [6, 6.07) is 6.31. The summed E-state index contributed by atoms with van der Waals surface area (Å²) in [6.07, 6.45) is -1.24. The first-order valence-corrected chi connectivity index (χ1v) is 7.25. The van der Waals surface area contributed by atoms with Gasteiger partial charge in [0, 0.05) is 15.8 Å². The lowest BCUT2D eigenvalue weighted by Crippen LogP contribution is -2.45. The molecular formula is C12H12BrFN2O2S. The van der Waals surface area contributed by atoms with Gasteiger partial charge in [0.05, 0.1) is 17.4 Å². The van der Waals surface area contributed by atoms with Gasteiger partial charge in [0.25, 0.3) is 0 Å². The molecule has 0 aromatic heterocycles. The van der Waals surface area contributed by atoms with E-state index in [0.29, 0.717) is 4.47 Å². The Morgan fingerprint density at radius 3 is 2.95 bits per heavy atom. The third-order valence-electron chi connectivity index (χ3n) is 2.46. The number of amides is 1. The van der Waals surface area contributed by atoms with Crippen LogP contribution in [0.5, 0.6) is 0 Å². The Bertz CT molecular complexity index is 521. The molecule has 0 radical (unpaired) electrons. The van der Waals surface area contributed by atoms with Crippen molar-refractivity contribution in [3.05, 3.63) is 34.1 Å². The Kier molecular flexibility index (Phi) is 5.63. The van der Waals surface area contributed by atoms with Crippen LogP contribution in [0, 0.1) is 17.1 Å². The Morgan fingerprint density at radius 2 is 2.37 bits per heavy atom. The van der Waals surface area contributed by atoms with Crippen LogP contribution in [0.3, 0.4) is 0 Å². The van der Waals surface area contributed by atoms with Gasteiger partial charge in [-0.05, 0) is 25.1 Å². The first kappa shape index (κ1) is 15.8. The number of benzene rings is 1. The molecule has 0 aliphatic carbocycles. The molecule has 1 aromatic rings. The van der Waals surface area contributed by atoms with Gasteiger partial charge in [0.2, 0.25) is 0 Å². The summed E-state index contributed by atoms with van der Waals surface area (Å²) in [6.45, 7) is 1.59. The molecular weight excluding hydrogens is 335 g/mol. The van der Waals surface area contributed by atoms with E-state index in [0.717, 1.165) is 0 Å². The molecule has 0 aliphatic rings. The second kappa shape index (κ2) is 6.78. The van der Waals surface area contributed by atoms with Crippen LogP contribution in [-0.2, 0) is 5.54 Å². The van der Waals surface area contributed by atoms with Gasteiger partial charge in [0.15, 0.2) is 0 Å². The fourth-order valence-electron chi connectivity index (χ4n) is 1.64.